The number of benzene rings is 2. The number of rotatable bonds is 4. The largest absolute Gasteiger partial charge is 0.447 e. The van der Waals surface area contributed by atoms with E-state index in [1.54, 1.807) is 16.2 Å². The van der Waals surface area contributed by atoms with Crippen molar-refractivity contribution in [3.05, 3.63) is 54.1 Å². The summed E-state index contributed by atoms with van der Waals surface area (Å²) in [5, 5.41) is 5.18. The van der Waals surface area contributed by atoms with Crippen LogP contribution in [0.1, 0.15) is 12.5 Å². The predicted molar refractivity (Wildman–Crippen MR) is 101 cm³/mol. The molecule has 7 heteroatoms. The van der Waals surface area contributed by atoms with Crippen LogP contribution in [0.2, 0.25) is 0 Å². The molecule has 3 aromatic rings. The van der Waals surface area contributed by atoms with E-state index in [4.69, 9.17) is 4.74 Å². The molecular formula is C18H16N4O2S. The van der Waals surface area contributed by atoms with Crippen LogP contribution in [-0.4, -0.2) is 29.9 Å². The number of anilines is 2. The Morgan fingerprint density at radius 3 is 2.96 bits per heavy atom. The summed E-state index contributed by atoms with van der Waals surface area (Å²) in [6.07, 6.45) is -0.306. The van der Waals surface area contributed by atoms with E-state index in [1.807, 2.05) is 55.5 Å². The normalized spacial score (nSPS) is 14.8. The molecular weight excluding hydrogens is 336 g/mol. The number of nitrogens with one attached hydrogen (secondary N) is 1. The molecule has 0 saturated carbocycles. The van der Waals surface area contributed by atoms with Crippen LogP contribution in [0, 0.1) is 0 Å². The Hall–Kier alpha value is -2.93. The van der Waals surface area contributed by atoms with Crippen LogP contribution in [0.15, 0.2) is 53.6 Å². The fraction of sp³-hybridized carbons (Fsp3) is 0.167. The highest BCUT2D eigenvalue weighted by Crippen LogP contribution is 2.25. The van der Waals surface area contributed by atoms with Gasteiger partial charge in [0.1, 0.15) is 6.61 Å². The van der Waals surface area contributed by atoms with Crippen molar-refractivity contribution in [2.24, 2.45) is 5.10 Å². The molecule has 25 heavy (non-hydrogen) atoms. The molecule has 1 amide bonds. The van der Waals surface area contributed by atoms with Crippen molar-refractivity contribution in [3.63, 3.8) is 0 Å². The molecule has 1 fully saturated rings. The number of hydrogen-bond acceptors (Lipinski definition) is 6. The molecule has 0 spiro atoms. The van der Waals surface area contributed by atoms with E-state index in [0.717, 1.165) is 32.3 Å². The Kier molecular flexibility index (Phi) is 4.07. The Bertz CT molecular complexity index is 933. The highest BCUT2D eigenvalue weighted by Gasteiger charge is 2.23. The summed E-state index contributed by atoms with van der Waals surface area (Å²) in [7, 11) is 0. The third-order valence-electron chi connectivity index (χ3n) is 3.95. The fourth-order valence-electron chi connectivity index (χ4n) is 2.64. The van der Waals surface area contributed by atoms with Crippen LogP contribution in [-0.2, 0) is 4.74 Å². The van der Waals surface area contributed by atoms with Gasteiger partial charge < -0.3 is 4.74 Å². The average molecular weight is 352 g/mol. The minimum atomic E-state index is -0.306. The number of hydrogen-bond donors (Lipinski definition) is 1. The zero-order chi connectivity index (χ0) is 17.2. The van der Waals surface area contributed by atoms with Gasteiger partial charge >= 0.3 is 6.09 Å². The van der Waals surface area contributed by atoms with Gasteiger partial charge in [0.15, 0.2) is 0 Å². The first-order valence-electron chi connectivity index (χ1n) is 7.91. The van der Waals surface area contributed by atoms with Crippen LogP contribution in [0.25, 0.3) is 10.2 Å². The highest BCUT2D eigenvalue weighted by atomic mass is 32.1. The summed E-state index contributed by atoms with van der Waals surface area (Å²) in [6, 6.07) is 15.7. The van der Waals surface area contributed by atoms with E-state index in [9.17, 15) is 4.79 Å². The molecule has 1 saturated heterocycles. The topological polar surface area (TPSA) is 66.8 Å². The minimum Gasteiger partial charge on any atom is -0.447 e. The van der Waals surface area contributed by atoms with Gasteiger partial charge in [-0.1, -0.05) is 35.6 Å². The summed E-state index contributed by atoms with van der Waals surface area (Å²) in [6.45, 7) is 2.92. The Morgan fingerprint density at radius 2 is 2.16 bits per heavy atom. The SMILES string of the molecule is C/C(=N/Nc1nc2ccccc2s1)c1cccc(N2CCOC2=O)c1. The molecule has 2 heterocycles. The van der Waals surface area contributed by atoms with Crippen LogP contribution in [0.3, 0.4) is 0 Å². The maximum Gasteiger partial charge on any atom is 0.414 e. The van der Waals surface area contributed by atoms with Crippen molar-refractivity contribution in [2.45, 2.75) is 6.92 Å². The smallest absolute Gasteiger partial charge is 0.414 e. The molecule has 1 aromatic heterocycles. The molecule has 0 unspecified atom stereocenters. The van der Waals surface area contributed by atoms with Gasteiger partial charge in [0.2, 0.25) is 5.13 Å². The molecule has 0 bridgehead atoms. The summed E-state index contributed by atoms with van der Waals surface area (Å²) in [4.78, 5) is 17.8. The van der Waals surface area contributed by atoms with Crippen molar-refractivity contribution >= 4 is 44.2 Å². The monoisotopic (exact) mass is 352 g/mol. The number of fused-ring (bicyclic) bond motifs is 1. The van der Waals surface area contributed by atoms with Gasteiger partial charge in [0.25, 0.3) is 0 Å². The van der Waals surface area contributed by atoms with Gasteiger partial charge in [0, 0.05) is 5.69 Å². The predicted octanol–water partition coefficient (Wildman–Crippen LogP) is 4.09. The highest BCUT2D eigenvalue weighted by molar-refractivity contribution is 7.22. The first-order valence-corrected chi connectivity index (χ1v) is 8.73. The number of carbonyl (C=O) groups is 1. The van der Waals surface area contributed by atoms with E-state index >= 15 is 0 Å². The number of thiazole rings is 1. The van der Waals surface area contributed by atoms with Crippen molar-refractivity contribution in [1.82, 2.24) is 4.98 Å². The zero-order valence-electron chi connectivity index (χ0n) is 13.6. The van der Waals surface area contributed by atoms with E-state index in [-0.39, 0.29) is 6.09 Å². The molecule has 0 radical (unpaired) electrons. The van der Waals surface area contributed by atoms with Crippen LogP contribution < -0.4 is 10.3 Å². The summed E-state index contributed by atoms with van der Waals surface area (Å²) >= 11 is 1.56. The number of hydrazone groups is 1. The quantitative estimate of drug-likeness (QED) is 0.567. The van der Waals surface area contributed by atoms with Crippen LogP contribution >= 0.6 is 11.3 Å². The Labute approximate surface area is 148 Å². The lowest BCUT2D eigenvalue weighted by molar-refractivity contribution is 0.181. The lowest BCUT2D eigenvalue weighted by Crippen LogP contribution is -2.23. The maximum atomic E-state index is 11.7. The van der Waals surface area contributed by atoms with E-state index < -0.39 is 0 Å². The van der Waals surface area contributed by atoms with Crippen LogP contribution in [0.5, 0.6) is 0 Å². The Balaban J connectivity index is 1.54. The second-order valence-corrected chi connectivity index (χ2v) is 6.64. The van der Waals surface area contributed by atoms with Crippen molar-refractivity contribution < 1.29 is 9.53 Å². The van der Waals surface area contributed by atoms with E-state index in [2.05, 4.69) is 15.5 Å². The number of ether oxygens (including phenoxy) is 1. The third kappa shape index (κ3) is 3.18. The van der Waals surface area contributed by atoms with Gasteiger partial charge in [-0.15, -0.1) is 0 Å². The van der Waals surface area contributed by atoms with E-state index in [0.29, 0.717) is 13.2 Å². The number of para-hydroxylation sites is 1. The molecule has 1 aliphatic rings. The standard InChI is InChI=1S/C18H16N4O2S/c1-12(20-21-17-19-15-7-2-3-8-16(15)25-17)13-5-4-6-14(11-13)22-9-10-24-18(22)23/h2-8,11H,9-10H2,1H3,(H,19,21)/b20-12-. The Morgan fingerprint density at radius 1 is 1.28 bits per heavy atom. The first-order chi connectivity index (χ1) is 12.2. The molecule has 0 aliphatic carbocycles. The lowest BCUT2D eigenvalue weighted by Gasteiger charge is -2.13. The molecule has 126 valence electrons. The number of carbonyl (C=O) groups excluding carboxylic acids is 1. The molecule has 4 rings (SSSR count). The van der Waals surface area contributed by atoms with Crippen molar-refractivity contribution in [1.29, 1.82) is 0 Å². The second-order valence-electron chi connectivity index (χ2n) is 5.61. The van der Waals surface area contributed by atoms with Gasteiger partial charge in [-0.3, -0.25) is 10.3 Å². The first kappa shape index (κ1) is 15.6. The van der Waals surface area contributed by atoms with Gasteiger partial charge in [0.05, 0.1) is 22.5 Å². The second kappa shape index (κ2) is 6.52. The summed E-state index contributed by atoms with van der Waals surface area (Å²) < 4.78 is 6.11. The maximum absolute atomic E-state index is 11.7. The molecule has 1 aliphatic heterocycles. The van der Waals surface area contributed by atoms with Crippen molar-refractivity contribution in [3.8, 4) is 0 Å². The molecule has 2 aromatic carbocycles. The third-order valence-corrected chi connectivity index (χ3v) is 4.89. The molecule has 1 N–H and O–H groups in total. The van der Waals surface area contributed by atoms with Gasteiger partial charge in [-0.25, -0.2) is 9.78 Å². The molecule has 6 nitrogen and oxygen atoms in total. The molecule has 0 atom stereocenters. The number of nitrogens with zero attached hydrogens (tertiary/aromatic N) is 3. The van der Waals surface area contributed by atoms with E-state index in [1.165, 1.54) is 0 Å². The van der Waals surface area contributed by atoms with Crippen molar-refractivity contribution in [2.75, 3.05) is 23.5 Å². The number of amides is 1. The average Bonchev–Trinajstić information content (AvgIpc) is 3.25. The minimum absolute atomic E-state index is 0.306. The summed E-state index contributed by atoms with van der Waals surface area (Å²) in [5.74, 6) is 0. The fourth-order valence-corrected chi connectivity index (χ4v) is 3.45. The number of cyclic esters (lactones) is 1. The van der Waals surface area contributed by atoms with Gasteiger partial charge in [-0.2, -0.15) is 5.10 Å². The van der Waals surface area contributed by atoms with Crippen LogP contribution in [0.4, 0.5) is 15.6 Å². The zero-order valence-corrected chi connectivity index (χ0v) is 14.4. The van der Waals surface area contributed by atoms with Gasteiger partial charge in [-0.05, 0) is 36.8 Å². The summed E-state index contributed by atoms with van der Waals surface area (Å²) in [5.41, 5.74) is 6.54. The lowest BCUT2D eigenvalue weighted by atomic mass is 10.1. The number of aromatic nitrogens is 1.